The van der Waals surface area contributed by atoms with Gasteiger partial charge in [-0.05, 0) is 41.5 Å². The van der Waals surface area contributed by atoms with E-state index < -0.39 is 0 Å². The van der Waals surface area contributed by atoms with Gasteiger partial charge in [-0.25, -0.2) is 10.4 Å². The van der Waals surface area contributed by atoms with Gasteiger partial charge in [-0.2, -0.15) is 5.10 Å². The predicted molar refractivity (Wildman–Crippen MR) is 104 cm³/mol. The van der Waals surface area contributed by atoms with Crippen molar-refractivity contribution >= 4 is 33.9 Å². The van der Waals surface area contributed by atoms with Gasteiger partial charge in [-0.3, -0.25) is 4.79 Å². The average Bonchev–Trinajstić information content (AvgIpc) is 2.97. The summed E-state index contributed by atoms with van der Waals surface area (Å²) in [4.78, 5) is 16.7. The minimum absolute atomic E-state index is 0.182. The monoisotopic (exact) mass is 342 g/mol. The fourth-order valence-corrected chi connectivity index (χ4v) is 3.04. The number of hydrazone groups is 1. The van der Waals surface area contributed by atoms with Crippen LogP contribution in [0.2, 0.25) is 0 Å². The fraction of sp³-hybridized carbons (Fsp3) is 0.0952. The lowest BCUT2D eigenvalue weighted by Crippen LogP contribution is -2.23. The Morgan fingerprint density at radius 2 is 1.85 bits per heavy atom. The molecule has 1 aromatic heterocycles. The second-order valence-corrected chi connectivity index (χ2v) is 6.13. The Hall–Kier alpha value is -3.47. The number of benzene rings is 3. The Morgan fingerprint density at radius 1 is 1.08 bits per heavy atom. The van der Waals surface area contributed by atoms with E-state index in [2.05, 4.69) is 27.6 Å². The smallest absolute Gasteiger partial charge is 0.260 e. The van der Waals surface area contributed by atoms with Crippen molar-refractivity contribution in [2.24, 2.45) is 5.10 Å². The molecule has 0 unspecified atom stereocenters. The van der Waals surface area contributed by atoms with E-state index in [9.17, 15) is 4.79 Å². The summed E-state index contributed by atoms with van der Waals surface area (Å²) in [6, 6.07) is 22.0. The van der Waals surface area contributed by atoms with Gasteiger partial charge in [0.1, 0.15) is 12.4 Å². The van der Waals surface area contributed by atoms with Crippen LogP contribution in [0, 0.1) is 6.92 Å². The zero-order valence-electron chi connectivity index (χ0n) is 14.4. The zero-order chi connectivity index (χ0) is 17.9. The van der Waals surface area contributed by atoms with Gasteiger partial charge in [0.2, 0.25) is 0 Å². The maximum atomic E-state index is 12.2. The van der Waals surface area contributed by atoms with Crippen LogP contribution in [0.4, 0.5) is 0 Å². The van der Waals surface area contributed by atoms with Crippen LogP contribution in [0.1, 0.15) is 11.4 Å². The standard InChI is InChI=1S/C21H18N4O/c1-15-23-19-8-4-5-9-20(19)25(15)14-21(26)24-22-13-16-10-11-17-6-2-3-7-18(17)12-16/h2-13H,14H2,1H3,(H,24,26)/b22-13-. The molecule has 128 valence electrons. The number of aromatic nitrogens is 2. The highest BCUT2D eigenvalue weighted by Crippen LogP contribution is 2.15. The van der Waals surface area contributed by atoms with E-state index in [1.807, 2.05) is 66.1 Å². The van der Waals surface area contributed by atoms with Crippen molar-refractivity contribution in [1.29, 1.82) is 0 Å². The third kappa shape index (κ3) is 3.19. The molecule has 0 aliphatic rings. The minimum Gasteiger partial charge on any atom is -0.319 e. The molecule has 0 atom stereocenters. The molecule has 0 radical (unpaired) electrons. The first-order valence-corrected chi connectivity index (χ1v) is 8.43. The summed E-state index contributed by atoms with van der Waals surface area (Å²) in [5, 5.41) is 6.40. The lowest BCUT2D eigenvalue weighted by atomic mass is 10.1. The van der Waals surface area contributed by atoms with Crippen molar-refractivity contribution in [2.45, 2.75) is 13.5 Å². The topological polar surface area (TPSA) is 59.3 Å². The number of amides is 1. The van der Waals surface area contributed by atoms with E-state index in [4.69, 9.17) is 0 Å². The molecule has 5 heteroatoms. The molecule has 1 amide bonds. The van der Waals surface area contributed by atoms with E-state index in [0.29, 0.717) is 0 Å². The first kappa shape index (κ1) is 16.0. The predicted octanol–water partition coefficient (Wildman–Crippen LogP) is 3.65. The Bertz CT molecular complexity index is 1130. The van der Waals surface area contributed by atoms with Crippen LogP contribution in [-0.2, 0) is 11.3 Å². The van der Waals surface area contributed by atoms with Crippen LogP contribution in [0.5, 0.6) is 0 Å². The van der Waals surface area contributed by atoms with Gasteiger partial charge >= 0.3 is 0 Å². The Labute approximate surface area is 151 Å². The Balaban J connectivity index is 1.46. The third-order valence-electron chi connectivity index (χ3n) is 4.32. The van der Waals surface area contributed by atoms with Crippen LogP contribution >= 0.6 is 0 Å². The number of fused-ring (bicyclic) bond motifs is 2. The number of nitrogens with zero attached hydrogens (tertiary/aromatic N) is 3. The van der Waals surface area contributed by atoms with Gasteiger partial charge in [0.05, 0.1) is 17.2 Å². The lowest BCUT2D eigenvalue weighted by Gasteiger charge is -2.05. The highest BCUT2D eigenvalue weighted by Gasteiger charge is 2.09. The molecule has 0 fully saturated rings. The van der Waals surface area contributed by atoms with Gasteiger partial charge < -0.3 is 4.57 Å². The van der Waals surface area contributed by atoms with Crippen LogP contribution in [0.25, 0.3) is 21.8 Å². The summed E-state index contributed by atoms with van der Waals surface area (Å²) in [5.41, 5.74) is 5.36. The van der Waals surface area contributed by atoms with E-state index in [1.165, 1.54) is 5.39 Å². The second kappa shape index (κ2) is 6.80. The van der Waals surface area contributed by atoms with Gasteiger partial charge in [0, 0.05) is 0 Å². The number of para-hydroxylation sites is 2. The van der Waals surface area contributed by atoms with Gasteiger partial charge in [-0.15, -0.1) is 0 Å². The number of hydrogen-bond donors (Lipinski definition) is 1. The van der Waals surface area contributed by atoms with Crippen molar-refractivity contribution in [1.82, 2.24) is 15.0 Å². The molecule has 5 nitrogen and oxygen atoms in total. The maximum absolute atomic E-state index is 12.2. The molecule has 4 aromatic rings. The minimum atomic E-state index is -0.187. The maximum Gasteiger partial charge on any atom is 0.260 e. The number of hydrogen-bond acceptors (Lipinski definition) is 3. The summed E-state index contributed by atoms with van der Waals surface area (Å²) in [7, 11) is 0. The van der Waals surface area contributed by atoms with Crippen molar-refractivity contribution in [3.8, 4) is 0 Å². The molecule has 3 aromatic carbocycles. The number of carbonyl (C=O) groups is 1. The summed E-state index contributed by atoms with van der Waals surface area (Å²) in [5.74, 6) is 0.619. The molecule has 0 bridgehead atoms. The highest BCUT2D eigenvalue weighted by molar-refractivity contribution is 5.91. The number of carbonyl (C=O) groups excluding carboxylic acids is 1. The zero-order valence-corrected chi connectivity index (χ0v) is 14.4. The lowest BCUT2D eigenvalue weighted by molar-refractivity contribution is -0.121. The number of aryl methyl sites for hydroxylation is 1. The van der Waals surface area contributed by atoms with E-state index in [1.54, 1.807) is 6.21 Å². The van der Waals surface area contributed by atoms with Gasteiger partial charge in [0.15, 0.2) is 0 Å². The number of imidazole rings is 1. The summed E-state index contributed by atoms with van der Waals surface area (Å²) >= 11 is 0. The quantitative estimate of drug-likeness (QED) is 0.455. The molecule has 0 aliphatic carbocycles. The largest absolute Gasteiger partial charge is 0.319 e. The SMILES string of the molecule is Cc1nc2ccccc2n1CC(=O)N/N=C\c1ccc2ccccc2c1. The molecule has 0 saturated heterocycles. The first-order chi connectivity index (χ1) is 12.7. The van der Waals surface area contributed by atoms with Crippen LogP contribution in [-0.4, -0.2) is 21.7 Å². The number of rotatable bonds is 4. The van der Waals surface area contributed by atoms with Gasteiger partial charge in [0.25, 0.3) is 5.91 Å². The van der Waals surface area contributed by atoms with Crippen molar-refractivity contribution < 1.29 is 4.79 Å². The second-order valence-electron chi connectivity index (χ2n) is 6.13. The highest BCUT2D eigenvalue weighted by atomic mass is 16.2. The third-order valence-corrected chi connectivity index (χ3v) is 4.32. The van der Waals surface area contributed by atoms with Crippen LogP contribution in [0.15, 0.2) is 71.8 Å². The van der Waals surface area contributed by atoms with Crippen LogP contribution < -0.4 is 5.43 Å². The van der Waals surface area contributed by atoms with Crippen molar-refractivity contribution in [3.63, 3.8) is 0 Å². The molecule has 0 spiro atoms. The van der Waals surface area contributed by atoms with E-state index in [0.717, 1.165) is 27.8 Å². The summed E-state index contributed by atoms with van der Waals surface area (Å²) < 4.78 is 1.89. The van der Waals surface area contributed by atoms with E-state index >= 15 is 0 Å². The summed E-state index contributed by atoms with van der Waals surface area (Å²) in [6.45, 7) is 2.08. The molecular weight excluding hydrogens is 324 g/mol. The molecule has 1 heterocycles. The molecule has 0 aliphatic heterocycles. The van der Waals surface area contributed by atoms with E-state index in [-0.39, 0.29) is 12.5 Å². The Morgan fingerprint density at radius 3 is 2.73 bits per heavy atom. The van der Waals surface area contributed by atoms with Crippen LogP contribution in [0.3, 0.4) is 0 Å². The Kier molecular flexibility index (Phi) is 4.19. The fourth-order valence-electron chi connectivity index (χ4n) is 3.04. The molecule has 0 saturated carbocycles. The van der Waals surface area contributed by atoms with Gasteiger partial charge in [-0.1, -0.05) is 48.5 Å². The molecule has 26 heavy (non-hydrogen) atoms. The normalized spacial score (nSPS) is 11.4. The molecular formula is C21H18N4O. The number of nitrogens with one attached hydrogen (secondary N) is 1. The summed E-state index contributed by atoms with van der Waals surface area (Å²) in [6.07, 6.45) is 1.66. The molecule has 4 rings (SSSR count). The first-order valence-electron chi connectivity index (χ1n) is 8.43. The van der Waals surface area contributed by atoms with Crippen molar-refractivity contribution in [3.05, 3.63) is 78.1 Å². The van der Waals surface area contributed by atoms with Crippen molar-refractivity contribution in [2.75, 3.05) is 0 Å². The average molecular weight is 342 g/mol. The molecule has 1 N–H and O–H groups in total.